The Bertz CT molecular complexity index is 1130. The number of aryl methyl sites for hydroxylation is 1. The first-order valence-electron chi connectivity index (χ1n) is 9.42. The molecule has 0 aliphatic carbocycles. The van der Waals surface area contributed by atoms with Crippen molar-refractivity contribution in [2.75, 3.05) is 11.8 Å². The first-order valence-corrected chi connectivity index (χ1v) is 10.9. The molecular formula is C23H23NO4S. The van der Waals surface area contributed by atoms with E-state index in [0.29, 0.717) is 17.2 Å². The average Bonchev–Trinajstić information content (AvgIpc) is 3.05. The molecular weight excluding hydrogens is 386 g/mol. The van der Waals surface area contributed by atoms with E-state index in [-0.39, 0.29) is 16.9 Å². The van der Waals surface area contributed by atoms with Crippen LogP contribution in [0.1, 0.15) is 35.6 Å². The molecule has 150 valence electrons. The van der Waals surface area contributed by atoms with Crippen LogP contribution >= 0.6 is 0 Å². The summed E-state index contributed by atoms with van der Waals surface area (Å²) in [6.45, 7) is 4.12. The Balaban J connectivity index is 1.69. The highest BCUT2D eigenvalue weighted by Gasteiger charge is 2.35. The van der Waals surface area contributed by atoms with E-state index < -0.39 is 10.0 Å². The van der Waals surface area contributed by atoms with Crippen LogP contribution in [0, 0.1) is 6.92 Å². The van der Waals surface area contributed by atoms with E-state index in [0.717, 1.165) is 11.1 Å². The van der Waals surface area contributed by atoms with Gasteiger partial charge in [-0.15, -0.1) is 0 Å². The number of anilines is 1. The summed E-state index contributed by atoms with van der Waals surface area (Å²) >= 11 is 0. The van der Waals surface area contributed by atoms with E-state index in [4.69, 9.17) is 9.47 Å². The highest BCUT2D eigenvalue weighted by molar-refractivity contribution is 7.92. The third-order valence-corrected chi connectivity index (χ3v) is 6.60. The van der Waals surface area contributed by atoms with E-state index in [9.17, 15) is 8.42 Å². The number of nitrogens with one attached hydrogen (secondary N) is 1. The average molecular weight is 410 g/mol. The molecule has 29 heavy (non-hydrogen) atoms. The van der Waals surface area contributed by atoms with E-state index in [1.54, 1.807) is 43.5 Å². The molecule has 0 radical (unpaired) electrons. The zero-order valence-corrected chi connectivity index (χ0v) is 17.4. The predicted molar refractivity (Wildman–Crippen MR) is 113 cm³/mol. The molecule has 0 amide bonds. The largest absolute Gasteiger partial charge is 0.493 e. The molecule has 0 fully saturated rings. The van der Waals surface area contributed by atoms with Gasteiger partial charge in [-0.25, -0.2) is 8.42 Å². The second-order valence-electron chi connectivity index (χ2n) is 7.25. The van der Waals surface area contributed by atoms with Crippen molar-refractivity contribution in [2.24, 2.45) is 0 Å². The van der Waals surface area contributed by atoms with Crippen molar-refractivity contribution in [1.29, 1.82) is 0 Å². The monoisotopic (exact) mass is 409 g/mol. The molecule has 3 aromatic carbocycles. The van der Waals surface area contributed by atoms with Crippen LogP contribution < -0.4 is 14.2 Å². The van der Waals surface area contributed by atoms with Crippen molar-refractivity contribution in [3.05, 3.63) is 83.4 Å². The molecule has 3 aromatic rings. The van der Waals surface area contributed by atoms with Gasteiger partial charge in [-0.05, 0) is 30.7 Å². The van der Waals surface area contributed by atoms with Crippen molar-refractivity contribution < 1.29 is 17.9 Å². The Kier molecular flexibility index (Phi) is 4.96. The van der Waals surface area contributed by atoms with Crippen LogP contribution in [0.3, 0.4) is 0 Å². The summed E-state index contributed by atoms with van der Waals surface area (Å²) in [5.41, 5.74) is 3.63. The molecule has 2 atom stereocenters. The standard InChI is InChI=1S/C23H23NO4S/c1-15-9-11-17(12-10-15)22-16(2)20-13-18(14-21(27-3)23(20)28-22)24-29(25,26)19-7-5-4-6-8-19/h4-14,16,22,24H,1-3H3. The van der Waals surface area contributed by atoms with Crippen LogP contribution in [0.15, 0.2) is 71.6 Å². The molecule has 6 heteroatoms. The summed E-state index contributed by atoms with van der Waals surface area (Å²) in [6.07, 6.45) is -0.152. The van der Waals surface area contributed by atoms with Gasteiger partial charge in [0.2, 0.25) is 0 Å². The minimum absolute atomic E-state index is 0.0442. The fourth-order valence-corrected chi connectivity index (χ4v) is 4.68. The van der Waals surface area contributed by atoms with Gasteiger partial charge < -0.3 is 9.47 Å². The molecule has 0 bridgehead atoms. The lowest BCUT2D eigenvalue weighted by Crippen LogP contribution is -2.13. The smallest absolute Gasteiger partial charge is 0.261 e. The zero-order valence-electron chi connectivity index (χ0n) is 16.5. The van der Waals surface area contributed by atoms with Crippen molar-refractivity contribution >= 4 is 15.7 Å². The lowest BCUT2D eigenvalue weighted by molar-refractivity contribution is 0.208. The number of ether oxygens (including phenoxy) is 2. The van der Waals surface area contributed by atoms with Crippen molar-refractivity contribution in [3.8, 4) is 11.5 Å². The molecule has 0 saturated heterocycles. The van der Waals surface area contributed by atoms with Crippen LogP contribution in [-0.4, -0.2) is 15.5 Å². The number of rotatable bonds is 5. The van der Waals surface area contributed by atoms with Gasteiger partial charge in [0, 0.05) is 17.5 Å². The first-order chi connectivity index (χ1) is 13.9. The maximum Gasteiger partial charge on any atom is 0.261 e. The van der Waals surface area contributed by atoms with Gasteiger partial charge in [-0.3, -0.25) is 4.72 Å². The normalized spacial score (nSPS) is 18.0. The minimum atomic E-state index is -3.69. The number of hydrogen-bond acceptors (Lipinski definition) is 4. The van der Waals surface area contributed by atoms with Gasteiger partial charge in [0.25, 0.3) is 10.0 Å². The Morgan fingerprint density at radius 3 is 2.34 bits per heavy atom. The summed E-state index contributed by atoms with van der Waals surface area (Å²) in [5.74, 6) is 1.21. The van der Waals surface area contributed by atoms with Gasteiger partial charge >= 0.3 is 0 Å². The topological polar surface area (TPSA) is 64.6 Å². The Hall–Kier alpha value is -2.99. The molecule has 0 aromatic heterocycles. The number of fused-ring (bicyclic) bond motifs is 1. The summed E-state index contributed by atoms with van der Waals surface area (Å²) < 4.78 is 39.8. The highest BCUT2D eigenvalue weighted by atomic mass is 32.2. The van der Waals surface area contributed by atoms with E-state index in [2.05, 4.69) is 35.9 Å². The lowest BCUT2D eigenvalue weighted by Gasteiger charge is -2.16. The third kappa shape index (κ3) is 3.68. The summed E-state index contributed by atoms with van der Waals surface area (Å²) in [6, 6.07) is 20.0. The minimum Gasteiger partial charge on any atom is -0.493 e. The number of sulfonamides is 1. The molecule has 4 rings (SSSR count). The molecule has 0 saturated carbocycles. The van der Waals surface area contributed by atoms with Crippen LogP contribution in [0.2, 0.25) is 0 Å². The Morgan fingerprint density at radius 1 is 1.00 bits per heavy atom. The fraction of sp³-hybridized carbons (Fsp3) is 0.217. The summed E-state index contributed by atoms with van der Waals surface area (Å²) in [4.78, 5) is 0.210. The highest BCUT2D eigenvalue weighted by Crippen LogP contribution is 2.51. The Labute approximate surface area is 171 Å². The van der Waals surface area contributed by atoms with Gasteiger partial charge in [-0.2, -0.15) is 0 Å². The fourth-order valence-electron chi connectivity index (χ4n) is 3.62. The quantitative estimate of drug-likeness (QED) is 0.641. The third-order valence-electron chi connectivity index (χ3n) is 5.20. The summed E-state index contributed by atoms with van der Waals surface area (Å²) in [5, 5.41) is 0. The molecule has 1 heterocycles. The van der Waals surface area contributed by atoms with Gasteiger partial charge in [0.1, 0.15) is 6.10 Å². The predicted octanol–water partition coefficient (Wildman–Crippen LogP) is 5.04. The first kappa shape index (κ1) is 19.3. The van der Waals surface area contributed by atoms with E-state index >= 15 is 0 Å². The molecule has 1 aliphatic heterocycles. The number of benzene rings is 3. The van der Waals surface area contributed by atoms with Gasteiger partial charge in [-0.1, -0.05) is 55.0 Å². The molecule has 5 nitrogen and oxygen atoms in total. The molecule has 0 spiro atoms. The Morgan fingerprint density at radius 2 is 1.69 bits per heavy atom. The van der Waals surface area contributed by atoms with Gasteiger partial charge in [0.05, 0.1) is 17.7 Å². The van der Waals surface area contributed by atoms with Gasteiger partial charge in [0.15, 0.2) is 11.5 Å². The number of methoxy groups -OCH3 is 1. The van der Waals surface area contributed by atoms with Crippen LogP contribution in [0.25, 0.3) is 0 Å². The van der Waals surface area contributed by atoms with Crippen LogP contribution in [0.5, 0.6) is 11.5 Å². The zero-order chi connectivity index (χ0) is 20.6. The second kappa shape index (κ2) is 7.44. The number of hydrogen-bond donors (Lipinski definition) is 1. The van der Waals surface area contributed by atoms with Crippen molar-refractivity contribution in [1.82, 2.24) is 0 Å². The molecule has 2 unspecified atom stereocenters. The van der Waals surface area contributed by atoms with E-state index in [1.165, 1.54) is 5.56 Å². The van der Waals surface area contributed by atoms with Crippen LogP contribution in [0.4, 0.5) is 5.69 Å². The molecule has 1 aliphatic rings. The van der Waals surface area contributed by atoms with E-state index in [1.807, 2.05) is 13.0 Å². The molecule has 1 N–H and O–H groups in total. The lowest BCUT2D eigenvalue weighted by atomic mass is 9.92. The van der Waals surface area contributed by atoms with Crippen molar-refractivity contribution in [2.45, 2.75) is 30.8 Å². The summed E-state index contributed by atoms with van der Waals surface area (Å²) in [7, 11) is -2.14. The second-order valence-corrected chi connectivity index (χ2v) is 8.94. The SMILES string of the molecule is COc1cc(NS(=O)(=O)c2ccccc2)cc2c1OC(c1ccc(C)cc1)C2C. The maximum absolute atomic E-state index is 12.7. The van der Waals surface area contributed by atoms with Crippen LogP contribution in [-0.2, 0) is 10.0 Å². The van der Waals surface area contributed by atoms with Crippen molar-refractivity contribution in [3.63, 3.8) is 0 Å². The maximum atomic E-state index is 12.7.